The zero-order valence-corrected chi connectivity index (χ0v) is 9.43. The highest BCUT2D eigenvalue weighted by molar-refractivity contribution is 5.94. The van der Waals surface area contributed by atoms with Crippen LogP contribution in [0.4, 0.5) is 5.82 Å². The van der Waals surface area contributed by atoms with E-state index in [1.165, 1.54) is 6.33 Å². The summed E-state index contributed by atoms with van der Waals surface area (Å²) in [5.74, 6) is 1.57. The molecule has 1 heterocycles. The molecule has 0 aliphatic heterocycles. The number of amides is 1. The van der Waals surface area contributed by atoms with E-state index in [0.717, 1.165) is 0 Å². The van der Waals surface area contributed by atoms with E-state index in [9.17, 15) is 4.79 Å². The number of rotatable bonds is 4. The van der Waals surface area contributed by atoms with E-state index >= 15 is 0 Å². The van der Waals surface area contributed by atoms with Crippen molar-refractivity contribution in [1.29, 1.82) is 0 Å². The number of hydrogen-bond donors (Lipinski definition) is 1. The molecule has 6 nitrogen and oxygen atoms in total. The van der Waals surface area contributed by atoms with Crippen molar-refractivity contribution >= 4 is 23.1 Å². The van der Waals surface area contributed by atoms with E-state index in [2.05, 4.69) is 15.3 Å². The van der Waals surface area contributed by atoms with E-state index in [0.29, 0.717) is 34.6 Å². The zero-order valence-electron chi connectivity index (χ0n) is 9.43. The van der Waals surface area contributed by atoms with Gasteiger partial charge in [0, 0.05) is 11.5 Å². The standard InChI is InChI=1S/C11H11N3O3/c1-16-9-3-7-8(4-10(9)17-2)12-5-13-11(7)14-6-15/h3-6H,1-2H3,(H,12,13,14,15). The molecular weight excluding hydrogens is 222 g/mol. The van der Waals surface area contributed by atoms with Crippen molar-refractivity contribution in [3.63, 3.8) is 0 Å². The fraction of sp³-hybridized carbons (Fsp3) is 0.182. The Morgan fingerprint density at radius 3 is 2.53 bits per heavy atom. The molecule has 0 fully saturated rings. The number of ether oxygens (including phenoxy) is 2. The first-order valence-corrected chi connectivity index (χ1v) is 4.87. The fourth-order valence-electron chi connectivity index (χ4n) is 1.55. The van der Waals surface area contributed by atoms with Crippen LogP contribution in [-0.4, -0.2) is 30.6 Å². The lowest BCUT2D eigenvalue weighted by Gasteiger charge is -2.10. The van der Waals surface area contributed by atoms with E-state index in [1.807, 2.05) is 0 Å². The second-order valence-corrected chi connectivity index (χ2v) is 3.21. The van der Waals surface area contributed by atoms with E-state index in [1.54, 1.807) is 26.4 Å². The summed E-state index contributed by atoms with van der Waals surface area (Å²) in [5, 5.41) is 3.20. The third-order valence-electron chi connectivity index (χ3n) is 2.34. The van der Waals surface area contributed by atoms with Gasteiger partial charge in [0.2, 0.25) is 6.41 Å². The summed E-state index contributed by atoms with van der Waals surface area (Å²) in [4.78, 5) is 18.6. The van der Waals surface area contributed by atoms with Gasteiger partial charge >= 0.3 is 0 Å². The molecule has 88 valence electrons. The highest BCUT2D eigenvalue weighted by Gasteiger charge is 2.10. The van der Waals surface area contributed by atoms with Gasteiger partial charge in [0.05, 0.1) is 19.7 Å². The first kappa shape index (κ1) is 11.1. The lowest BCUT2D eigenvalue weighted by atomic mass is 10.2. The molecule has 1 aromatic heterocycles. The van der Waals surface area contributed by atoms with E-state index in [-0.39, 0.29) is 0 Å². The molecule has 2 aromatic rings. The van der Waals surface area contributed by atoms with E-state index in [4.69, 9.17) is 9.47 Å². The fourth-order valence-corrected chi connectivity index (χ4v) is 1.55. The average molecular weight is 233 g/mol. The lowest BCUT2D eigenvalue weighted by molar-refractivity contribution is -0.105. The number of carbonyl (C=O) groups excluding carboxylic acids is 1. The maximum Gasteiger partial charge on any atom is 0.212 e. The maximum atomic E-state index is 10.5. The van der Waals surface area contributed by atoms with Crippen LogP contribution in [0.1, 0.15) is 0 Å². The number of methoxy groups -OCH3 is 2. The van der Waals surface area contributed by atoms with Crippen molar-refractivity contribution in [1.82, 2.24) is 9.97 Å². The third kappa shape index (κ3) is 1.96. The van der Waals surface area contributed by atoms with Gasteiger partial charge in [0.1, 0.15) is 12.1 Å². The number of nitrogens with one attached hydrogen (secondary N) is 1. The number of hydrogen-bond acceptors (Lipinski definition) is 5. The second kappa shape index (κ2) is 4.65. The molecule has 0 radical (unpaired) electrons. The number of benzene rings is 1. The molecule has 0 unspecified atom stereocenters. The minimum absolute atomic E-state index is 0.436. The van der Waals surface area contributed by atoms with Crippen molar-refractivity contribution < 1.29 is 14.3 Å². The van der Waals surface area contributed by atoms with Gasteiger partial charge in [-0.3, -0.25) is 4.79 Å². The Kier molecular flexibility index (Phi) is 3.04. The smallest absolute Gasteiger partial charge is 0.212 e. The Hall–Kier alpha value is -2.37. The van der Waals surface area contributed by atoms with Crippen LogP contribution < -0.4 is 14.8 Å². The molecular formula is C11H11N3O3. The van der Waals surface area contributed by atoms with Crippen molar-refractivity contribution in [2.45, 2.75) is 0 Å². The van der Waals surface area contributed by atoms with Crippen molar-refractivity contribution in [3.05, 3.63) is 18.5 Å². The Morgan fingerprint density at radius 1 is 1.18 bits per heavy atom. The van der Waals surface area contributed by atoms with Gasteiger partial charge < -0.3 is 14.8 Å². The maximum absolute atomic E-state index is 10.5. The molecule has 1 amide bonds. The SMILES string of the molecule is COc1cc2ncnc(NC=O)c2cc1OC. The Morgan fingerprint density at radius 2 is 1.88 bits per heavy atom. The van der Waals surface area contributed by atoms with Crippen LogP contribution in [0, 0.1) is 0 Å². The molecule has 1 aromatic carbocycles. The van der Waals surface area contributed by atoms with Gasteiger partial charge in [0.15, 0.2) is 11.5 Å². The molecule has 0 spiro atoms. The molecule has 0 aliphatic rings. The van der Waals surface area contributed by atoms with Crippen molar-refractivity contribution in [2.75, 3.05) is 19.5 Å². The summed E-state index contributed by atoms with van der Waals surface area (Å²) in [6.07, 6.45) is 1.94. The molecule has 0 atom stereocenters. The highest BCUT2D eigenvalue weighted by atomic mass is 16.5. The monoisotopic (exact) mass is 233 g/mol. The predicted molar refractivity (Wildman–Crippen MR) is 62.3 cm³/mol. The van der Waals surface area contributed by atoms with Crippen LogP contribution in [0.2, 0.25) is 0 Å². The minimum atomic E-state index is 0.436. The van der Waals surface area contributed by atoms with Crippen LogP contribution in [0.3, 0.4) is 0 Å². The summed E-state index contributed by atoms with van der Waals surface area (Å²) in [7, 11) is 3.09. The van der Waals surface area contributed by atoms with Crippen LogP contribution in [-0.2, 0) is 4.79 Å². The predicted octanol–water partition coefficient (Wildman–Crippen LogP) is 1.22. The number of aromatic nitrogens is 2. The van der Waals surface area contributed by atoms with Crippen LogP contribution in [0.15, 0.2) is 18.5 Å². The summed E-state index contributed by atoms with van der Waals surface area (Å²) in [5.41, 5.74) is 0.669. The molecule has 6 heteroatoms. The van der Waals surface area contributed by atoms with Gasteiger partial charge in [-0.25, -0.2) is 9.97 Å². The average Bonchev–Trinajstić information content (AvgIpc) is 2.38. The van der Waals surface area contributed by atoms with Crippen LogP contribution >= 0.6 is 0 Å². The first-order valence-electron chi connectivity index (χ1n) is 4.87. The number of anilines is 1. The van der Waals surface area contributed by atoms with Gasteiger partial charge in [0.25, 0.3) is 0 Å². The Labute approximate surface area is 97.6 Å². The molecule has 0 saturated carbocycles. The van der Waals surface area contributed by atoms with Crippen LogP contribution in [0.5, 0.6) is 11.5 Å². The molecule has 1 N–H and O–H groups in total. The molecule has 2 rings (SSSR count). The summed E-state index contributed by atoms with van der Waals surface area (Å²) < 4.78 is 10.3. The Bertz CT molecular complexity index is 557. The second-order valence-electron chi connectivity index (χ2n) is 3.21. The van der Waals surface area contributed by atoms with Gasteiger partial charge in [-0.05, 0) is 6.07 Å². The van der Waals surface area contributed by atoms with Gasteiger partial charge in [-0.2, -0.15) is 0 Å². The van der Waals surface area contributed by atoms with Gasteiger partial charge in [-0.1, -0.05) is 0 Å². The largest absolute Gasteiger partial charge is 0.493 e. The zero-order chi connectivity index (χ0) is 12.3. The van der Waals surface area contributed by atoms with Crippen molar-refractivity contribution in [3.8, 4) is 11.5 Å². The van der Waals surface area contributed by atoms with Gasteiger partial charge in [-0.15, -0.1) is 0 Å². The third-order valence-corrected chi connectivity index (χ3v) is 2.34. The highest BCUT2D eigenvalue weighted by Crippen LogP contribution is 2.33. The summed E-state index contributed by atoms with van der Waals surface area (Å²) >= 11 is 0. The number of fused-ring (bicyclic) bond motifs is 1. The topological polar surface area (TPSA) is 73.3 Å². The molecule has 0 saturated heterocycles. The van der Waals surface area contributed by atoms with Crippen LogP contribution in [0.25, 0.3) is 10.9 Å². The normalized spacial score (nSPS) is 10.0. The Balaban J connectivity index is 2.68. The summed E-state index contributed by atoms with van der Waals surface area (Å²) in [6.45, 7) is 0. The quantitative estimate of drug-likeness (QED) is 0.803. The molecule has 17 heavy (non-hydrogen) atoms. The number of carbonyl (C=O) groups is 1. The lowest BCUT2D eigenvalue weighted by Crippen LogP contribution is -1.99. The van der Waals surface area contributed by atoms with Crippen molar-refractivity contribution in [2.24, 2.45) is 0 Å². The first-order chi connectivity index (χ1) is 8.30. The summed E-state index contributed by atoms with van der Waals surface area (Å²) in [6, 6.07) is 3.45. The molecule has 0 aliphatic carbocycles. The number of nitrogens with zero attached hydrogens (tertiary/aromatic N) is 2. The van der Waals surface area contributed by atoms with E-state index < -0.39 is 0 Å². The molecule has 0 bridgehead atoms. The minimum Gasteiger partial charge on any atom is -0.493 e.